The molecule has 21 heavy (non-hydrogen) atoms. The summed E-state index contributed by atoms with van der Waals surface area (Å²) < 4.78 is 8.48. The summed E-state index contributed by atoms with van der Waals surface area (Å²) in [4.78, 5) is 0. The van der Waals surface area contributed by atoms with Gasteiger partial charge in [0, 0.05) is 11.5 Å². The van der Waals surface area contributed by atoms with Crippen molar-refractivity contribution in [3.8, 4) is 17.7 Å². The van der Waals surface area contributed by atoms with Crippen molar-refractivity contribution in [1.82, 2.24) is 9.78 Å². The molecule has 5 heteroatoms. The van der Waals surface area contributed by atoms with Gasteiger partial charge >= 0.3 is 0 Å². The molecule has 0 unspecified atom stereocenters. The van der Waals surface area contributed by atoms with E-state index in [-0.39, 0.29) is 0 Å². The summed E-state index contributed by atoms with van der Waals surface area (Å²) in [5.41, 5.74) is 1.13. The van der Waals surface area contributed by atoms with Crippen LogP contribution in [0.3, 0.4) is 0 Å². The Hall–Kier alpha value is -2.32. The third-order valence-corrected chi connectivity index (χ3v) is 3.76. The van der Waals surface area contributed by atoms with Crippen LogP contribution in [0, 0.1) is 18.3 Å². The molecule has 104 valence electrons. The number of rotatable bonds is 2. The summed E-state index contributed by atoms with van der Waals surface area (Å²) in [5.74, 6) is 1.15. The van der Waals surface area contributed by atoms with Crippen molar-refractivity contribution in [3.05, 3.63) is 52.1 Å². The number of hydrogen-bond donors (Lipinski definition) is 0. The van der Waals surface area contributed by atoms with Crippen molar-refractivity contribution in [3.63, 3.8) is 0 Å². The summed E-state index contributed by atoms with van der Waals surface area (Å²) in [6.07, 6.45) is 0. The number of fused-ring (bicyclic) bond motifs is 1. The van der Waals surface area contributed by atoms with Crippen LogP contribution in [-0.2, 0) is 7.05 Å². The highest BCUT2D eigenvalue weighted by Gasteiger charge is 2.15. The molecule has 0 amide bonds. The fraction of sp³-hybridized carbons (Fsp3) is 0.125. The summed E-state index contributed by atoms with van der Waals surface area (Å²) in [7, 11) is 1.77. The van der Waals surface area contributed by atoms with Crippen molar-refractivity contribution in [1.29, 1.82) is 5.26 Å². The predicted molar refractivity (Wildman–Crippen MR) is 84.4 cm³/mol. The van der Waals surface area contributed by atoms with E-state index in [2.05, 4.69) is 27.1 Å². The second-order valence-corrected chi connectivity index (χ2v) is 5.67. The molecule has 4 nitrogen and oxygen atoms in total. The molecule has 0 spiro atoms. The van der Waals surface area contributed by atoms with E-state index in [1.807, 2.05) is 36.4 Å². The lowest BCUT2D eigenvalue weighted by molar-refractivity contribution is 0.430. The van der Waals surface area contributed by atoms with E-state index in [4.69, 9.17) is 4.74 Å². The van der Waals surface area contributed by atoms with Gasteiger partial charge in [0.25, 0.3) is 0 Å². The molecule has 3 rings (SSSR count). The molecule has 0 aliphatic heterocycles. The molecule has 0 bridgehead atoms. The lowest BCUT2D eigenvalue weighted by Crippen LogP contribution is -1.96. The molecule has 0 aliphatic carbocycles. The highest BCUT2D eigenvalue weighted by molar-refractivity contribution is 9.10. The van der Waals surface area contributed by atoms with Gasteiger partial charge in [-0.2, -0.15) is 10.4 Å². The number of ether oxygens (including phenoxy) is 1. The Morgan fingerprint density at radius 1 is 1.19 bits per heavy atom. The van der Waals surface area contributed by atoms with Crippen LogP contribution in [0.2, 0.25) is 0 Å². The number of nitrogens with zero attached hydrogens (tertiary/aromatic N) is 3. The van der Waals surface area contributed by atoms with Gasteiger partial charge in [-0.25, -0.2) is 4.68 Å². The summed E-state index contributed by atoms with van der Waals surface area (Å²) in [6, 6.07) is 14.0. The second kappa shape index (κ2) is 5.23. The highest BCUT2D eigenvalue weighted by Crippen LogP contribution is 2.29. The fourth-order valence-electron chi connectivity index (χ4n) is 2.25. The molecule has 0 atom stereocenters. The predicted octanol–water partition coefficient (Wildman–Crippen LogP) is 4.31. The smallest absolute Gasteiger partial charge is 0.235 e. The number of halogens is 1. The maximum Gasteiger partial charge on any atom is 0.235 e. The minimum atomic E-state index is 0.464. The standard InChI is InChI=1S/C16H12BrN3O/c1-10-15(9-18)16(20(2)19-10)21-14-6-4-11-7-13(17)5-3-12(11)8-14/h3-8H,1-2H3. The van der Waals surface area contributed by atoms with E-state index in [0.29, 0.717) is 22.9 Å². The largest absolute Gasteiger partial charge is 0.438 e. The molecule has 1 heterocycles. The van der Waals surface area contributed by atoms with Crippen molar-refractivity contribution >= 4 is 26.7 Å². The maximum atomic E-state index is 9.20. The SMILES string of the molecule is Cc1nn(C)c(Oc2ccc3cc(Br)ccc3c2)c1C#N. The Kier molecular flexibility index (Phi) is 3.40. The zero-order chi connectivity index (χ0) is 15.0. The van der Waals surface area contributed by atoms with Crippen LogP contribution in [0.25, 0.3) is 10.8 Å². The third kappa shape index (κ3) is 2.50. The molecular weight excluding hydrogens is 330 g/mol. The van der Waals surface area contributed by atoms with Crippen LogP contribution in [0.4, 0.5) is 0 Å². The average Bonchev–Trinajstić information content (AvgIpc) is 2.73. The van der Waals surface area contributed by atoms with Crippen LogP contribution in [0.5, 0.6) is 11.6 Å². The third-order valence-electron chi connectivity index (χ3n) is 3.27. The monoisotopic (exact) mass is 341 g/mol. The number of hydrogen-bond acceptors (Lipinski definition) is 3. The lowest BCUT2D eigenvalue weighted by atomic mass is 10.1. The van der Waals surface area contributed by atoms with E-state index < -0.39 is 0 Å². The summed E-state index contributed by atoms with van der Waals surface area (Å²) in [5, 5.41) is 15.6. The van der Waals surface area contributed by atoms with Gasteiger partial charge in [-0.05, 0) is 42.0 Å². The maximum absolute atomic E-state index is 9.20. The van der Waals surface area contributed by atoms with Gasteiger partial charge in [-0.1, -0.05) is 28.1 Å². The van der Waals surface area contributed by atoms with E-state index >= 15 is 0 Å². The van der Waals surface area contributed by atoms with Gasteiger partial charge in [-0.3, -0.25) is 0 Å². The molecule has 0 saturated carbocycles. The first-order valence-electron chi connectivity index (χ1n) is 6.39. The molecule has 1 aromatic heterocycles. The quantitative estimate of drug-likeness (QED) is 0.697. The zero-order valence-corrected chi connectivity index (χ0v) is 13.2. The van der Waals surface area contributed by atoms with Crippen molar-refractivity contribution in [2.24, 2.45) is 7.05 Å². The molecular formula is C16H12BrN3O. The van der Waals surface area contributed by atoms with Gasteiger partial charge < -0.3 is 4.74 Å². The van der Waals surface area contributed by atoms with E-state index in [1.54, 1.807) is 18.7 Å². The van der Waals surface area contributed by atoms with Gasteiger partial charge in [-0.15, -0.1) is 0 Å². The van der Waals surface area contributed by atoms with Crippen LogP contribution in [0.1, 0.15) is 11.3 Å². The first-order chi connectivity index (χ1) is 10.1. The van der Waals surface area contributed by atoms with Crippen molar-refractivity contribution in [2.45, 2.75) is 6.92 Å². The first-order valence-corrected chi connectivity index (χ1v) is 7.18. The van der Waals surface area contributed by atoms with Gasteiger partial charge in [0.2, 0.25) is 5.88 Å². The van der Waals surface area contributed by atoms with Crippen LogP contribution < -0.4 is 4.74 Å². The summed E-state index contributed by atoms with van der Waals surface area (Å²) in [6.45, 7) is 1.79. The fourth-order valence-corrected chi connectivity index (χ4v) is 2.63. The Labute approximate surface area is 130 Å². The number of benzene rings is 2. The number of aryl methyl sites for hydroxylation is 2. The van der Waals surface area contributed by atoms with E-state index in [9.17, 15) is 5.26 Å². The van der Waals surface area contributed by atoms with Crippen molar-refractivity contribution in [2.75, 3.05) is 0 Å². The number of nitriles is 1. The normalized spacial score (nSPS) is 10.6. The van der Waals surface area contributed by atoms with E-state index in [1.165, 1.54) is 0 Å². The van der Waals surface area contributed by atoms with E-state index in [0.717, 1.165) is 15.2 Å². The first kappa shape index (κ1) is 13.7. The van der Waals surface area contributed by atoms with Crippen LogP contribution in [-0.4, -0.2) is 9.78 Å². The molecule has 0 saturated heterocycles. The molecule has 2 aromatic carbocycles. The molecule has 3 aromatic rings. The Balaban J connectivity index is 2.03. The second-order valence-electron chi connectivity index (χ2n) is 4.76. The van der Waals surface area contributed by atoms with Gasteiger partial charge in [0.15, 0.2) is 0 Å². The molecule has 0 aliphatic rings. The topological polar surface area (TPSA) is 50.8 Å². The Morgan fingerprint density at radius 3 is 2.67 bits per heavy atom. The molecule has 0 N–H and O–H groups in total. The minimum absolute atomic E-state index is 0.464. The number of aromatic nitrogens is 2. The van der Waals surface area contributed by atoms with Gasteiger partial charge in [0.1, 0.15) is 17.4 Å². The summed E-state index contributed by atoms with van der Waals surface area (Å²) >= 11 is 3.46. The molecule has 0 radical (unpaired) electrons. The highest BCUT2D eigenvalue weighted by atomic mass is 79.9. The van der Waals surface area contributed by atoms with Crippen LogP contribution >= 0.6 is 15.9 Å². The minimum Gasteiger partial charge on any atom is -0.438 e. The zero-order valence-electron chi connectivity index (χ0n) is 11.6. The molecule has 0 fully saturated rings. The lowest BCUT2D eigenvalue weighted by Gasteiger charge is -2.07. The van der Waals surface area contributed by atoms with Crippen molar-refractivity contribution < 1.29 is 4.74 Å². The Morgan fingerprint density at radius 2 is 1.90 bits per heavy atom. The van der Waals surface area contributed by atoms with Crippen LogP contribution in [0.15, 0.2) is 40.9 Å². The van der Waals surface area contributed by atoms with Gasteiger partial charge in [0.05, 0.1) is 5.69 Å². The Bertz CT molecular complexity index is 877. The average molecular weight is 342 g/mol.